The lowest BCUT2D eigenvalue weighted by Gasteiger charge is -2.20. The molecule has 0 unspecified atom stereocenters. The molecule has 0 N–H and O–H groups in total. The van der Waals surface area contributed by atoms with Gasteiger partial charge in [0.25, 0.3) is 0 Å². The molecule has 0 aliphatic heterocycles. The van der Waals surface area contributed by atoms with Crippen molar-refractivity contribution >= 4 is 5.69 Å². The molecule has 0 spiro atoms. The summed E-state index contributed by atoms with van der Waals surface area (Å²) in [7, 11) is 1.68. The van der Waals surface area contributed by atoms with Crippen molar-refractivity contribution in [1.82, 2.24) is 0 Å². The van der Waals surface area contributed by atoms with Crippen LogP contribution in [-0.2, 0) is 6.54 Å². The van der Waals surface area contributed by atoms with Gasteiger partial charge in [0.1, 0.15) is 6.07 Å². The third kappa shape index (κ3) is 2.71. The second-order valence-corrected chi connectivity index (χ2v) is 4.21. The Bertz CT molecular complexity index is 618. The molecule has 96 valence electrons. The lowest BCUT2D eigenvalue weighted by molar-refractivity contribution is 0.505. The van der Waals surface area contributed by atoms with Crippen molar-refractivity contribution in [1.29, 1.82) is 5.26 Å². The normalized spacial score (nSPS) is 10.0. The monoisotopic (exact) mass is 258 g/mol. The van der Waals surface area contributed by atoms with Gasteiger partial charge in [0.15, 0.2) is 11.6 Å². The highest BCUT2D eigenvalue weighted by atomic mass is 19.2. The van der Waals surface area contributed by atoms with E-state index in [0.717, 1.165) is 5.56 Å². The summed E-state index contributed by atoms with van der Waals surface area (Å²) in [6.45, 7) is 0.461. The van der Waals surface area contributed by atoms with Crippen molar-refractivity contribution in [2.45, 2.75) is 6.54 Å². The lowest BCUT2D eigenvalue weighted by Crippen LogP contribution is -2.18. The first-order valence-electron chi connectivity index (χ1n) is 5.76. The van der Waals surface area contributed by atoms with E-state index in [2.05, 4.69) is 0 Å². The third-order valence-electron chi connectivity index (χ3n) is 2.86. The fourth-order valence-electron chi connectivity index (χ4n) is 1.86. The molecule has 0 bridgehead atoms. The summed E-state index contributed by atoms with van der Waals surface area (Å²) in [5.74, 6) is -2.09. The van der Waals surface area contributed by atoms with Gasteiger partial charge in [-0.15, -0.1) is 0 Å². The average Bonchev–Trinajstić information content (AvgIpc) is 2.42. The molecule has 4 heteroatoms. The van der Waals surface area contributed by atoms with E-state index in [1.165, 1.54) is 12.1 Å². The van der Waals surface area contributed by atoms with Gasteiger partial charge in [-0.05, 0) is 17.7 Å². The molecule has 0 aliphatic carbocycles. The quantitative estimate of drug-likeness (QED) is 0.842. The number of hydrogen-bond donors (Lipinski definition) is 0. The van der Waals surface area contributed by atoms with Crippen LogP contribution >= 0.6 is 0 Å². The Morgan fingerprint density at radius 2 is 1.74 bits per heavy atom. The number of anilines is 1. The van der Waals surface area contributed by atoms with Crippen molar-refractivity contribution in [3.05, 3.63) is 65.2 Å². The van der Waals surface area contributed by atoms with Gasteiger partial charge in [0.05, 0.1) is 11.3 Å². The first-order chi connectivity index (χ1) is 9.13. The molecule has 2 rings (SSSR count). The van der Waals surface area contributed by atoms with Gasteiger partial charge < -0.3 is 4.90 Å². The number of hydrogen-bond acceptors (Lipinski definition) is 2. The fourth-order valence-corrected chi connectivity index (χ4v) is 1.86. The smallest absolute Gasteiger partial charge is 0.183 e. The van der Waals surface area contributed by atoms with Crippen molar-refractivity contribution in [2.75, 3.05) is 11.9 Å². The molecular formula is C15H12F2N2. The average molecular weight is 258 g/mol. The van der Waals surface area contributed by atoms with Gasteiger partial charge in [0.2, 0.25) is 0 Å². The first kappa shape index (κ1) is 13.0. The summed E-state index contributed by atoms with van der Waals surface area (Å²) in [5.41, 5.74) is 0.851. The second-order valence-electron chi connectivity index (χ2n) is 4.21. The highest BCUT2D eigenvalue weighted by Gasteiger charge is 2.16. The minimum atomic E-state index is -1.10. The molecule has 19 heavy (non-hydrogen) atoms. The Balaban J connectivity index is 2.28. The summed E-state index contributed by atoms with van der Waals surface area (Å²) >= 11 is 0. The van der Waals surface area contributed by atoms with E-state index in [1.807, 2.05) is 30.3 Å². The van der Waals surface area contributed by atoms with E-state index in [1.54, 1.807) is 18.0 Å². The molecule has 0 atom stereocenters. The van der Waals surface area contributed by atoms with Crippen molar-refractivity contribution in [3.63, 3.8) is 0 Å². The fraction of sp³-hybridized carbons (Fsp3) is 0.133. The lowest BCUT2D eigenvalue weighted by atomic mass is 10.1. The Morgan fingerprint density at radius 3 is 2.37 bits per heavy atom. The number of rotatable bonds is 3. The number of nitrogens with zero attached hydrogens (tertiary/aromatic N) is 2. The summed E-state index contributed by atoms with van der Waals surface area (Å²) in [4.78, 5) is 1.61. The molecule has 2 aromatic carbocycles. The second kappa shape index (κ2) is 5.49. The van der Waals surface area contributed by atoms with Crippen LogP contribution < -0.4 is 4.90 Å². The minimum Gasteiger partial charge on any atom is -0.368 e. The van der Waals surface area contributed by atoms with Gasteiger partial charge in [-0.25, -0.2) is 8.78 Å². The summed E-state index contributed by atoms with van der Waals surface area (Å²) in [6, 6.07) is 13.8. The Kier molecular flexibility index (Phi) is 3.76. The van der Waals surface area contributed by atoms with Gasteiger partial charge in [0, 0.05) is 13.6 Å². The Hall–Kier alpha value is -2.41. The molecule has 2 aromatic rings. The topological polar surface area (TPSA) is 27.0 Å². The Morgan fingerprint density at radius 1 is 1.05 bits per heavy atom. The summed E-state index contributed by atoms with van der Waals surface area (Å²) in [5, 5.41) is 8.64. The SMILES string of the molecule is CN(Cc1ccccc1)c1ccc(C#N)c(F)c1F. The van der Waals surface area contributed by atoms with Crippen molar-refractivity contribution in [2.24, 2.45) is 0 Å². The molecule has 0 fully saturated rings. The number of nitriles is 1. The highest BCUT2D eigenvalue weighted by molar-refractivity contribution is 5.51. The van der Waals surface area contributed by atoms with Crippen LogP contribution in [0.2, 0.25) is 0 Å². The molecule has 0 radical (unpaired) electrons. The van der Waals surface area contributed by atoms with Gasteiger partial charge >= 0.3 is 0 Å². The van der Waals surface area contributed by atoms with Crippen molar-refractivity contribution in [3.8, 4) is 6.07 Å². The van der Waals surface area contributed by atoms with E-state index in [4.69, 9.17) is 5.26 Å². The van der Waals surface area contributed by atoms with Gasteiger partial charge in [-0.1, -0.05) is 30.3 Å². The molecular weight excluding hydrogens is 246 g/mol. The number of halogens is 2. The van der Waals surface area contributed by atoms with Crippen LogP contribution in [0, 0.1) is 23.0 Å². The van der Waals surface area contributed by atoms with Crippen LogP contribution in [0.1, 0.15) is 11.1 Å². The van der Waals surface area contributed by atoms with Gasteiger partial charge in [-0.2, -0.15) is 5.26 Å². The molecule has 0 amide bonds. The van der Waals surface area contributed by atoms with Crippen LogP contribution in [0.4, 0.5) is 14.5 Å². The molecule has 0 heterocycles. The Labute approximate surface area is 110 Å². The van der Waals surface area contributed by atoms with Crippen LogP contribution in [0.25, 0.3) is 0 Å². The maximum absolute atomic E-state index is 13.8. The summed E-state index contributed by atoms with van der Waals surface area (Å²) < 4.78 is 27.4. The predicted molar refractivity (Wildman–Crippen MR) is 69.6 cm³/mol. The van der Waals surface area contributed by atoms with Crippen LogP contribution in [0.5, 0.6) is 0 Å². The zero-order valence-electron chi connectivity index (χ0n) is 10.4. The summed E-state index contributed by atoms with van der Waals surface area (Å²) in [6.07, 6.45) is 0. The molecule has 2 nitrogen and oxygen atoms in total. The van der Waals surface area contributed by atoms with E-state index >= 15 is 0 Å². The highest BCUT2D eigenvalue weighted by Crippen LogP contribution is 2.24. The van der Waals surface area contributed by atoms with Crippen LogP contribution in [0.3, 0.4) is 0 Å². The number of benzene rings is 2. The van der Waals surface area contributed by atoms with Crippen LogP contribution in [-0.4, -0.2) is 7.05 Å². The van der Waals surface area contributed by atoms with Crippen LogP contribution in [0.15, 0.2) is 42.5 Å². The molecule has 0 saturated carbocycles. The minimum absolute atomic E-state index is 0.139. The largest absolute Gasteiger partial charge is 0.368 e. The van der Waals surface area contributed by atoms with E-state index < -0.39 is 11.6 Å². The van der Waals surface area contributed by atoms with E-state index in [-0.39, 0.29) is 11.3 Å². The maximum Gasteiger partial charge on any atom is 0.183 e. The standard InChI is InChI=1S/C15H12F2N2/c1-19(10-11-5-3-2-4-6-11)13-8-7-12(9-18)14(16)15(13)17/h2-8H,10H2,1H3. The van der Waals surface area contributed by atoms with Crippen molar-refractivity contribution < 1.29 is 8.78 Å². The first-order valence-corrected chi connectivity index (χ1v) is 5.76. The van der Waals surface area contributed by atoms with E-state index in [0.29, 0.717) is 6.54 Å². The third-order valence-corrected chi connectivity index (χ3v) is 2.86. The van der Waals surface area contributed by atoms with E-state index in [9.17, 15) is 8.78 Å². The van der Waals surface area contributed by atoms with Gasteiger partial charge in [-0.3, -0.25) is 0 Å². The molecule has 0 aliphatic rings. The maximum atomic E-state index is 13.8. The molecule has 0 aromatic heterocycles. The predicted octanol–water partition coefficient (Wildman–Crippen LogP) is 3.47. The zero-order chi connectivity index (χ0) is 13.8. The zero-order valence-corrected chi connectivity index (χ0v) is 10.4. The molecule has 0 saturated heterocycles.